The van der Waals surface area contributed by atoms with Gasteiger partial charge in [-0.1, -0.05) is 6.07 Å². The topological polar surface area (TPSA) is 64.8 Å². The molecule has 0 aliphatic rings. The number of amides is 1. The molecule has 2 N–H and O–H groups in total. The van der Waals surface area contributed by atoms with Crippen LogP contribution in [-0.2, 0) is 0 Å². The summed E-state index contributed by atoms with van der Waals surface area (Å²) in [6.45, 7) is 2.53. The Kier molecular flexibility index (Phi) is 5.63. The smallest absolute Gasteiger partial charge is 0.257 e. The Bertz CT molecular complexity index is 433. The van der Waals surface area contributed by atoms with Crippen LogP contribution in [0.2, 0.25) is 0 Å². The van der Waals surface area contributed by atoms with Crippen molar-refractivity contribution in [3.05, 3.63) is 23.8 Å². The highest BCUT2D eigenvalue weighted by molar-refractivity contribution is 5.97. The van der Waals surface area contributed by atoms with Crippen molar-refractivity contribution in [2.45, 2.75) is 19.4 Å². The van der Waals surface area contributed by atoms with Crippen molar-refractivity contribution in [2.75, 3.05) is 27.8 Å². The fourth-order valence-corrected chi connectivity index (χ4v) is 1.76. The third-order valence-corrected chi connectivity index (χ3v) is 2.90. The summed E-state index contributed by atoms with van der Waals surface area (Å²) in [6.07, 6.45) is 0.758. The molecule has 1 aromatic rings. The number of hydrogen-bond acceptors (Lipinski definition) is 4. The van der Waals surface area contributed by atoms with E-state index in [1.807, 2.05) is 6.92 Å². The van der Waals surface area contributed by atoms with Gasteiger partial charge in [0.15, 0.2) is 11.5 Å². The van der Waals surface area contributed by atoms with Crippen molar-refractivity contribution in [3.8, 4) is 11.5 Å². The molecule has 1 unspecified atom stereocenters. The predicted octanol–water partition coefficient (Wildman–Crippen LogP) is 1.51. The molecular weight excluding hydrogens is 244 g/mol. The van der Waals surface area contributed by atoms with Crippen LogP contribution in [0.25, 0.3) is 0 Å². The average molecular weight is 266 g/mol. The summed E-state index contributed by atoms with van der Waals surface area (Å²) in [5, 5.41) is 0. The van der Waals surface area contributed by atoms with Crippen LogP contribution in [0.5, 0.6) is 11.5 Å². The van der Waals surface area contributed by atoms with Gasteiger partial charge in [0.2, 0.25) is 0 Å². The van der Waals surface area contributed by atoms with Gasteiger partial charge in [-0.2, -0.15) is 0 Å². The first-order chi connectivity index (χ1) is 9.01. The quantitative estimate of drug-likeness (QED) is 0.847. The van der Waals surface area contributed by atoms with Crippen LogP contribution in [0.3, 0.4) is 0 Å². The zero-order chi connectivity index (χ0) is 14.4. The van der Waals surface area contributed by atoms with Gasteiger partial charge >= 0.3 is 0 Å². The number of benzene rings is 1. The van der Waals surface area contributed by atoms with E-state index < -0.39 is 0 Å². The van der Waals surface area contributed by atoms with E-state index in [-0.39, 0.29) is 11.9 Å². The molecule has 0 saturated heterocycles. The Labute approximate surface area is 114 Å². The molecule has 19 heavy (non-hydrogen) atoms. The number of nitrogens with zero attached hydrogens (tertiary/aromatic N) is 1. The van der Waals surface area contributed by atoms with E-state index in [2.05, 4.69) is 0 Å². The minimum atomic E-state index is -0.101. The molecule has 0 bridgehead atoms. The lowest BCUT2D eigenvalue weighted by atomic mass is 10.1. The van der Waals surface area contributed by atoms with E-state index in [1.54, 1.807) is 37.3 Å². The second-order valence-corrected chi connectivity index (χ2v) is 4.53. The van der Waals surface area contributed by atoms with Crippen LogP contribution in [0.15, 0.2) is 18.2 Å². The van der Waals surface area contributed by atoms with Crippen molar-refractivity contribution in [2.24, 2.45) is 5.73 Å². The molecule has 0 radical (unpaired) electrons. The van der Waals surface area contributed by atoms with Crippen molar-refractivity contribution in [1.82, 2.24) is 4.90 Å². The van der Waals surface area contributed by atoms with Crippen LogP contribution in [-0.4, -0.2) is 44.7 Å². The Hall–Kier alpha value is -1.75. The normalized spacial score (nSPS) is 11.8. The minimum Gasteiger partial charge on any atom is -0.493 e. The Morgan fingerprint density at radius 2 is 2.05 bits per heavy atom. The average Bonchev–Trinajstić information content (AvgIpc) is 2.42. The maximum absolute atomic E-state index is 12.4. The summed E-state index contributed by atoms with van der Waals surface area (Å²) in [7, 11) is 4.83. The lowest BCUT2D eigenvalue weighted by Crippen LogP contribution is -2.31. The molecule has 0 aromatic heterocycles. The second-order valence-electron chi connectivity index (χ2n) is 4.53. The molecule has 1 atom stereocenters. The van der Waals surface area contributed by atoms with Crippen molar-refractivity contribution in [1.29, 1.82) is 0 Å². The number of ether oxygens (including phenoxy) is 2. The number of hydrogen-bond donors (Lipinski definition) is 1. The molecule has 106 valence electrons. The highest BCUT2D eigenvalue weighted by Crippen LogP contribution is 2.31. The molecule has 1 rings (SSSR count). The molecule has 0 saturated carbocycles. The molecule has 1 amide bonds. The molecule has 5 nitrogen and oxygen atoms in total. The number of nitrogens with two attached hydrogens (primary N) is 1. The van der Waals surface area contributed by atoms with Gasteiger partial charge in [-0.3, -0.25) is 4.79 Å². The second kappa shape index (κ2) is 6.99. The summed E-state index contributed by atoms with van der Waals surface area (Å²) >= 11 is 0. The maximum atomic E-state index is 12.4. The molecule has 0 aliphatic heterocycles. The lowest BCUT2D eigenvalue weighted by molar-refractivity contribution is 0.0788. The van der Waals surface area contributed by atoms with Crippen molar-refractivity contribution >= 4 is 5.91 Å². The van der Waals surface area contributed by atoms with Gasteiger partial charge in [0.05, 0.1) is 19.8 Å². The number of para-hydroxylation sites is 1. The molecule has 0 aliphatic carbocycles. The van der Waals surface area contributed by atoms with E-state index in [4.69, 9.17) is 15.2 Å². The van der Waals surface area contributed by atoms with Gasteiger partial charge in [0, 0.05) is 19.6 Å². The number of carbonyl (C=O) groups excluding carboxylic acids is 1. The number of methoxy groups -OCH3 is 2. The lowest BCUT2D eigenvalue weighted by Gasteiger charge is -2.20. The summed E-state index contributed by atoms with van der Waals surface area (Å²) in [5.41, 5.74) is 6.19. The summed E-state index contributed by atoms with van der Waals surface area (Å²) in [5.74, 6) is 0.910. The van der Waals surface area contributed by atoms with Crippen molar-refractivity contribution in [3.63, 3.8) is 0 Å². The monoisotopic (exact) mass is 266 g/mol. The van der Waals surface area contributed by atoms with E-state index in [0.29, 0.717) is 23.6 Å². The summed E-state index contributed by atoms with van der Waals surface area (Å²) < 4.78 is 10.5. The third-order valence-electron chi connectivity index (χ3n) is 2.90. The van der Waals surface area contributed by atoms with E-state index in [1.165, 1.54) is 7.11 Å². The Morgan fingerprint density at radius 1 is 1.37 bits per heavy atom. The van der Waals surface area contributed by atoms with Crippen LogP contribution in [0.1, 0.15) is 23.7 Å². The highest BCUT2D eigenvalue weighted by Gasteiger charge is 2.19. The van der Waals surface area contributed by atoms with Gasteiger partial charge in [-0.15, -0.1) is 0 Å². The van der Waals surface area contributed by atoms with E-state index in [0.717, 1.165) is 6.42 Å². The molecule has 5 heteroatoms. The van der Waals surface area contributed by atoms with Crippen LogP contribution in [0.4, 0.5) is 0 Å². The minimum absolute atomic E-state index is 0.0717. The Morgan fingerprint density at radius 3 is 2.58 bits per heavy atom. The van der Waals surface area contributed by atoms with Crippen LogP contribution < -0.4 is 15.2 Å². The SMILES string of the molecule is COc1cccc(C(=O)N(C)CCC(C)N)c1OC. The van der Waals surface area contributed by atoms with E-state index >= 15 is 0 Å². The third kappa shape index (κ3) is 3.86. The fourth-order valence-electron chi connectivity index (χ4n) is 1.76. The first kappa shape index (κ1) is 15.3. The number of rotatable bonds is 6. The van der Waals surface area contributed by atoms with Crippen molar-refractivity contribution < 1.29 is 14.3 Å². The predicted molar refractivity (Wildman–Crippen MR) is 74.8 cm³/mol. The zero-order valence-electron chi connectivity index (χ0n) is 12.0. The molecule has 0 spiro atoms. The maximum Gasteiger partial charge on any atom is 0.257 e. The standard InChI is InChI=1S/C14H22N2O3/c1-10(15)8-9-16(2)14(17)11-6-5-7-12(18-3)13(11)19-4/h5-7,10H,8-9,15H2,1-4H3. The van der Waals surface area contributed by atoms with Gasteiger partial charge in [-0.05, 0) is 25.5 Å². The van der Waals surface area contributed by atoms with Gasteiger partial charge < -0.3 is 20.1 Å². The van der Waals surface area contributed by atoms with Crippen LogP contribution in [0, 0.1) is 0 Å². The molecule has 0 fully saturated rings. The molecular formula is C14H22N2O3. The van der Waals surface area contributed by atoms with Gasteiger partial charge in [-0.25, -0.2) is 0 Å². The van der Waals surface area contributed by atoms with E-state index in [9.17, 15) is 4.79 Å². The fraction of sp³-hybridized carbons (Fsp3) is 0.500. The molecule has 0 heterocycles. The Balaban J connectivity index is 2.92. The van der Waals surface area contributed by atoms with Gasteiger partial charge in [0.1, 0.15) is 0 Å². The summed E-state index contributed by atoms with van der Waals surface area (Å²) in [4.78, 5) is 14.0. The first-order valence-electron chi connectivity index (χ1n) is 6.23. The van der Waals surface area contributed by atoms with Crippen LogP contribution >= 0.6 is 0 Å². The van der Waals surface area contributed by atoms with Gasteiger partial charge in [0.25, 0.3) is 5.91 Å². The zero-order valence-corrected chi connectivity index (χ0v) is 12.0. The first-order valence-corrected chi connectivity index (χ1v) is 6.23. The molecule has 1 aromatic carbocycles. The highest BCUT2D eigenvalue weighted by atomic mass is 16.5. The summed E-state index contributed by atoms with van der Waals surface area (Å²) in [6, 6.07) is 5.33. The largest absolute Gasteiger partial charge is 0.493 e. The number of carbonyl (C=O) groups is 1.